The van der Waals surface area contributed by atoms with Gasteiger partial charge in [-0.25, -0.2) is 0 Å². The molecular formula is C14H11Cl2NS. The maximum atomic E-state index is 6.28. The van der Waals surface area contributed by atoms with Crippen molar-refractivity contribution < 1.29 is 0 Å². The number of halogens is 2. The van der Waals surface area contributed by atoms with Crippen molar-refractivity contribution in [2.45, 2.75) is 6.54 Å². The van der Waals surface area contributed by atoms with Crippen molar-refractivity contribution in [2.24, 2.45) is 5.73 Å². The molecule has 0 aliphatic heterocycles. The van der Waals surface area contributed by atoms with Crippen LogP contribution >= 0.6 is 35.4 Å². The maximum Gasteiger partial charge on any atom is 0.0488 e. The Hall–Kier alpha value is -0.930. The molecule has 18 heavy (non-hydrogen) atoms. The van der Waals surface area contributed by atoms with E-state index >= 15 is 0 Å². The number of hydrogen-bond acceptors (Lipinski definition) is 2. The molecule has 1 nitrogen and oxygen atoms in total. The molecule has 0 amide bonds. The lowest BCUT2D eigenvalue weighted by molar-refractivity contribution is 1.07. The van der Waals surface area contributed by atoms with Crippen LogP contribution in [0.1, 0.15) is 11.1 Å². The van der Waals surface area contributed by atoms with Crippen LogP contribution in [0.15, 0.2) is 36.4 Å². The van der Waals surface area contributed by atoms with Gasteiger partial charge in [0.15, 0.2) is 0 Å². The summed E-state index contributed by atoms with van der Waals surface area (Å²) in [5.41, 5.74) is 9.37. The fourth-order valence-corrected chi connectivity index (χ4v) is 2.63. The molecule has 0 saturated heterocycles. The van der Waals surface area contributed by atoms with Crippen molar-refractivity contribution in [3.8, 4) is 11.1 Å². The molecule has 0 heterocycles. The molecule has 2 N–H and O–H groups in total. The Balaban J connectivity index is 2.78. The van der Waals surface area contributed by atoms with E-state index in [9.17, 15) is 0 Å². The lowest BCUT2D eigenvalue weighted by atomic mass is 9.96. The summed E-state index contributed by atoms with van der Waals surface area (Å²) in [6, 6.07) is 11.3. The highest BCUT2D eigenvalue weighted by Gasteiger charge is 2.14. The molecule has 0 atom stereocenters. The van der Waals surface area contributed by atoms with Gasteiger partial charge >= 0.3 is 0 Å². The van der Waals surface area contributed by atoms with E-state index in [4.69, 9.17) is 41.2 Å². The highest BCUT2D eigenvalue weighted by molar-refractivity contribution is 7.79. The largest absolute Gasteiger partial charge is 0.326 e. The summed E-state index contributed by atoms with van der Waals surface area (Å²) < 4.78 is 0. The van der Waals surface area contributed by atoms with Crippen molar-refractivity contribution >= 4 is 40.8 Å². The van der Waals surface area contributed by atoms with Crippen LogP contribution in [0, 0.1) is 0 Å². The zero-order valence-electron chi connectivity index (χ0n) is 9.49. The van der Waals surface area contributed by atoms with E-state index in [1.165, 1.54) is 0 Å². The van der Waals surface area contributed by atoms with E-state index in [0.29, 0.717) is 16.6 Å². The van der Waals surface area contributed by atoms with Gasteiger partial charge in [0.2, 0.25) is 0 Å². The van der Waals surface area contributed by atoms with Crippen molar-refractivity contribution in [3.63, 3.8) is 0 Å². The fraction of sp³-hybridized carbons (Fsp3) is 0.0714. The molecule has 0 radical (unpaired) electrons. The van der Waals surface area contributed by atoms with E-state index in [2.05, 4.69) is 0 Å². The van der Waals surface area contributed by atoms with Crippen molar-refractivity contribution in [1.82, 2.24) is 0 Å². The van der Waals surface area contributed by atoms with Crippen LogP contribution in [-0.2, 0) is 6.54 Å². The van der Waals surface area contributed by atoms with Crippen LogP contribution in [0.25, 0.3) is 11.1 Å². The van der Waals surface area contributed by atoms with Crippen LogP contribution < -0.4 is 5.73 Å². The quantitative estimate of drug-likeness (QED) is 0.846. The van der Waals surface area contributed by atoms with Crippen LogP contribution in [0.4, 0.5) is 0 Å². The van der Waals surface area contributed by atoms with Gasteiger partial charge in [0.1, 0.15) is 0 Å². The molecule has 0 spiro atoms. The summed E-state index contributed by atoms with van der Waals surface area (Å²) in [6.07, 6.45) is 0. The summed E-state index contributed by atoms with van der Waals surface area (Å²) >= 11 is 17.5. The molecule has 0 aliphatic carbocycles. The number of rotatable bonds is 3. The second-order valence-corrected chi connectivity index (χ2v) is 4.84. The Kier molecular flexibility index (Phi) is 4.36. The molecule has 2 aromatic carbocycles. The normalized spacial score (nSPS) is 10.4. The molecule has 0 aliphatic rings. The van der Waals surface area contributed by atoms with Crippen LogP contribution in [0.5, 0.6) is 0 Å². The minimum Gasteiger partial charge on any atom is -0.326 e. The van der Waals surface area contributed by atoms with Crippen LogP contribution in [-0.4, -0.2) is 5.37 Å². The number of benzene rings is 2. The molecule has 2 aromatic rings. The minimum atomic E-state index is 0.334. The van der Waals surface area contributed by atoms with Gasteiger partial charge in [0.05, 0.1) is 0 Å². The van der Waals surface area contributed by atoms with E-state index < -0.39 is 0 Å². The number of hydrogen-bond donors (Lipinski definition) is 1. The smallest absolute Gasteiger partial charge is 0.0488 e. The summed E-state index contributed by atoms with van der Waals surface area (Å²) in [6.45, 7) is 0.334. The van der Waals surface area contributed by atoms with Gasteiger partial charge in [-0.3, -0.25) is 0 Å². The van der Waals surface area contributed by atoms with Gasteiger partial charge in [-0.1, -0.05) is 59.7 Å². The molecule has 92 valence electrons. The molecule has 2 rings (SSSR count). The molecule has 0 bridgehead atoms. The third kappa shape index (κ3) is 2.43. The Bertz CT molecular complexity index is 596. The predicted molar refractivity (Wildman–Crippen MR) is 82.5 cm³/mol. The Morgan fingerprint density at radius 2 is 1.72 bits per heavy atom. The topological polar surface area (TPSA) is 26.0 Å². The second-order valence-electron chi connectivity index (χ2n) is 3.79. The van der Waals surface area contributed by atoms with Gasteiger partial charge < -0.3 is 5.73 Å². The van der Waals surface area contributed by atoms with E-state index in [-0.39, 0.29) is 0 Å². The Labute approximate surface area is 122 Å². The van der Waals surface area contributed by atoms with Gasteiger partial charge in [-0.15, -0.1) is 0 Å². The molecule has 0 aromatic heterocycles. The molecule has 0 fully saturated rings. The fourth-order valence-electron chi connectivity index (χ4n) is 1.91. The summed E-state index contributed by atoms with van der Waals surface area (Å²) in [4.78, 5) is 0. The third-order valence-corrected chi connectivity index (χ3v) is 3.69. The summed E-state index contributed by atoms with van der Waals surface area (Å²) in [5, 5.41) is 2.88. The molecule has 0 unspecified atom stereocenters. The van der Waals surface area contributed by atoms with Crippen molar-refractivity contribution in [3.05, 3.63) is 57.6 Å². The predicted octanol–water partition coefficient (Wildman–Crippen LogP) is 4.47. The first-order valence-electron chi connectivity index (χ1n) is 5.40. The number of nitrogens with two attached hydrogens (primary N) is 1. The maximum absolute atomic E-state index is 6.28. The summed E-state index contributed by atoms with van der Waals surface area (Å²) in [5.74, 6) is 0. The van der Waals surface area contributed by atoms with Crippen molar-refractivity contribution in [1.29, 1.82) is 0 Å². The molecular weight excluding hydrogens is 285 g/mol. The second kappa shape index (κ2) is 5.81. The first-order chi connectivity index (χ1) is 8.69. The zero-order valence-corrected chi connectivity index (χ0v) is 11.8. The number of thiocarbonyl (C=S) groups is 1. The first-order valence-corrected chi connectivity index (χ1v) is 6.63. The lowest BCUT2D eigenvalue weighted by Gasteiger charge is -2.14. The van der Waals surface area contributed by atoms with E-state index in [1.54, 1.807) is 17.5 Å². The summed E-state index contributed by atoms with van der Waals surface area (Å²) in [7, 11) is 0. The minimum absolute atomic E-state index is 0.334. The molecule has 0 saturated carbocycles. The third-order valence-electron chi connectivity index (χ3n) is 2.77. The Morgan fingerprint density at radius 1 is 1.06 bits per heavy atom. The van der Waals surface area contributed by atoms with Crippen LogP contribution in [0.2, 0.25) is 10.0 Å². The SMILES string of the molecule is NCc1c(Cl)ccc(Cl)c1-c1ccccc1C=S. The lowest BCUT2D eigenvalue weighted by Crippen LogP contribution is -2.02. The van der Waals surface area contributed by atoms with Crippen LogP contribution in [0.3, 0.4) is 0 Å². The standard InChI is InChI=1S/C14H11Cl2NS/c15-12-5-6-13(16)14(11(12)7-17)10-4-2-1-3-9(10)8-18/h1-6,8H,7,17H2. The van der Waals surface area contributed by atoms with Gasteiger partial charge in [-0.05, 0) is 28.8 Å². The van der Waals surface area contributed by atoms with E-state index in [0.717, 1.165) is 22.3 Å². The van der Waals surface area contributed by atoms with E-state index in [1.807, 2.05) is 24.3 Å². The monoisotopic (exact) mass is 295 g/mol. The van der Waals surface area contributed by atoms with Crippen molar-refractivity contribution in [2.75, 3.05) is 0 Å². The highest BCUT2D eigenvalue weighted by Crippen LogP contribution is 2.36. The Morgan fingerprint density at radius 3 is 2.39 bits per heavy atom. The van der Waals surface area contributed by atoms with Gasteiger partial charge in [0.25, 0.3) is 0 Å². The average Bonchev–Trinajstić information content (AvgIpc) is 2.41. The molecule has 4 heteroatoms. The van der Waals surface area contributed by atoms with Gasteiger partial charge in [-0.2, -0.15) is 0 Å². The highest BCUT2D eigenvalue weighted by atomic mass is 35.5. The van der Waals surface area contributed by atoms with Gasteiger partial charge in [0, 0.05) is 27.5 Å². The zero-order chi connectivity index (χ0) is 13.1. The first kappa shape index (κ1) is 13.5. The average molecular weight is 296 g/mol.